The number of nitrogens with zero attached hydrogens (tertiary/aromatic N) is 2. The zero-order valence-corrected chi connectivity index (χ0v) is 10.9. The Hall–Kier alpha value is -3.02. The molecule has 0 bridgehead atoms. The van der Waals surface area contributed by atoms with Crippen LogP contribution in [0.4, 0.5) is 5.95 Å². The van der Waals surface area contributed by atoms with E-state index in [1.807, 2.05) is 30.3 Å². The van der Waals surface area contributed by atoms with E-state index < -0.39 is 0 Å². The Bertz CT molecular complexity index is 800. The largest absolute Gasteiger partial charge is 0.463 e. The summed E-state index contributed by atoms with van der Waals surface area (Å²) in [5, 5.41) is 0. The molecule has 0 atom stereocenters. The zero-order valence-electron chi connectivity index (χ0n) is 10.9. The number of anilines is 1. The van der Waals surface area contributed by atoms with E-state index in [1.165, 1.54) is 0 Å². The fourth-order valence-electron chi connectivity index (χ4n) is 2.22. The van der Waals surface area contributed by atoms with Gasteiger partial charge in [0.15, 0.2) is 17.3 Å². The molecule has 0 saturated carbocycles. The van der Waals surface area contributed by atoms with Gasteiger partial charge in [0.25, 0.3) is 0 Å². The lowest BCUT2D eigenvalue weighted by molar-refractivity contribution is 0.174. The van der Waals surface area contributed by atoms with E-state index in [0.717, 1.165) is 11.3 Å². The molecule has 3 aromatic rings. The van der Waals surface area contributed by atoms with Crippen molar-refractivity contribution in [1.82, 2.24) is 9.97 Å². The first-order chi connectivity index (χ1) is 10.3. The molecular formula is C15H11N3O3. The van der Waals surface area contributed by atoms with Crippen LogP contribution in [-0.2, 0) is 0 Å². The lowest BCUT2D eigenvalue weighted by Crippen LogP contribution is -1.98. The predicted molar refractivity (Wildman–Crippen MR) is 75.7 cm³/mol. The van der Waals surface area contributed by atoms with Crippen LogP contribution in [0.1, 0.15) is 0 Å². The van der Waals surface area contributed by atoms with Crippen LogP contribution in [0.25, 0.3) is 22.7 Å². The maximum absolute atomic E-state index is 5.80. The van der Waals surface area contributed by atoms with Gasteiger partial charge in [-0.15, -0.1) is 0 Å². The first-order valence-corrected chi connectivity index (χ1v) is 6.38. The van der Waals surface area contributed by atoms with Gasteiger partial charge in [0.1, 0.15) is 5.69 Å². The van der Waals surface area contributed by atoms with Crippen LogP contribution < -0.4 is 15.2 Å². The van der Waals surface area contributed by atoms with Crippen molar-refractivity contribution in [3.63, 3.8) is 0 Å². The standard InChI is InChI=1S/C15H11N3O3/c16-15-17-10(7-11(18-15)12-2-1-5-19-12)9-3-4-13-14(6-9)21-8-20-13/h1-7H,8H2,(H2,16,17,18). The van der Waals surface area contributed by atoms with Crippen LogP contribution in [0.2, 0.25) is 0 Å². The van der Waals surface area contributed by atoms with E-state index in [-0.39, 0.29) is 12.7 Å². The minimum Gasteiger partial charge on any atom is -0.463 e. The van der Waals surface area contributed by atoms with Gasteiger partial charge in [0, 0.05) is 5.56 Å². The summed E-state index contributed by atoms with van der Waals surface area (Å²) in [4.78, 5) is 8.46. The second kappa shape index (κ2) is 4.52. The average Bonchev–Trinajstić information content (AvgIpc) is 3.17. The van der Waals surface area contributed by atoms with Gasteiger partial charge in [-0.05, 0) is 36.4 Å². The third-order valence-corrected chi connectivity index (χ3v) is 3.19. The maximum atomic E-state index is 5.80. The number of hydrogen-bond acceptors (Lipinski definition) is 6. The van der Waals surface area contributed by atoms with Crippen molar-refractivity contribution >= 4 is 5.95 Å². The fourth-order valence-corrected chi connectivity index (χ4v) is 2.22. The Kier molecular flexibility index (Phi) is 2.53. The van der Waals surface area contributed by atoms with Crippen molar-refractivity contribution in [3.8, 4) is 34.2 Å². The van der Waals surface area contributed by atoms with Crippen molar-refractivity contribution in [2.45, 2.75) is 0 Å². The Morgan fingerprint density at radius 3 is 2.67 bits per heavy atom. The van der Waals surface area contributed by atoms with Crippen LogP contribution in [0, 0.1) is 0 Å². The third-order valence-electron chi connectivity index (χ3n) is 3.19. The third kappa shape index (κ3) is 2.06. The number of hydrogen-bond donors (Lipinski definition) is 1. The molecule has 3 heterocycles. The number of nitrogens with two attached hydrogens (primary N) is 1. The first-order valence-electron chi connectivity index (χ1n) is 6.38. The number of nitrogen functional groups attached to an aromatic ring is 1. The van der Waals surface area contributed by atoms with Crippen molar-refractivity contribution < 1.29 is 13.9 Å². The van der Waals surface area contributed by atoms with Crippen LogP contribution in [-0.4, -0.2) is 16.8 Å². The lowest BCUT2D eigenvalue weighted by atomic mass is 10.1. The molecule has 6 heteroatoms. The van der Waals surface area contributed by atoms with Crippen LogP contribution >= 0.6 is 0 Å². The molecule has 1 aliphatic rings. The minimum atomic E-state index is 0.191. The summed E-state index contributed by atoms with van der Waals surface area (Å²) in [7, 11) is 0. The van der Waals surface area contributed by atoms with E-state index in [1.54, 1.807) is 12.3 Å². The summed E-state index contributed by atoms with van der Waals surface area (Å²) >= 11 is 0. The Balaban J connectivity index is 1.81. The second-order valence-corrected chi connectivity index (χ2v) is 4.54. The van der Waals surface area contributed by atoms with Crippen molar-refractivity contribution in [1.29, 1.82) is 0 Å². The molecule has 6 nitrogen and oxygen atoms in total. The highest BCUT2D eigenvalue weighted by molar-refractivity contribution is 5.69. The summed E-state index contributed by atoms with van der Waals surface area (Å²) in [5.41, 5.74) is 8.01. The monoisotopic (exact) mass is 281 g/mol. The molecule has 0 fully saturated rings. The zero-order chi connectivity index (χ0) is 14.2. The quantitative estimate of drug-likeness (QED) is 0.777. The molecule has 4 rings (SSSR count). The lowest BCUT2D eigenvalue weighted by Gasteiger charge is -2.05. The number of benzene rings is 1. The average molecular weight is 281 g/mol. The summed E-state index contributed by atoms with van der Waals surface area (Å²) < 4.78 is 16.0. The Morgan fingerprint density at radius 2 is 1.81 bits per heavy atom. The molecule has 1 aromatic carbocycles. The molecule has 2 N–H and O–H groups in total. The van der Waals surface area contributed by atoms with Gasteiger partial charge in [-0.1, -0.05) is 0 Å². The number of rotatable bonds is 2. The number of fused-ring (bicyclic) bond motifs is 1. The van der Waals surface area contributed by atoms with Gasteiger partial charge >= 0.3 is 0 Å². The highest BCUT2D eigenvalue weighted by Crippen LogP contribution is 2.36. The number of aromatic nitrogens is 2. The van der Waals surface area contributed by atoms with Gasteiger partial charge in [-0.2, -0.15) is 0 Å². The van der Waals surface area contributed by atoms with E-state index >= 15 is 0 Å². The molecule has 0 unspecified atom stereocenters. The van der Waals surface area contributed by atoms with E-state index in [0.29, 0.717) is 22.9 Å². The molecule has 0 aliphatic carbocycles. The first kappa shape index (κ1) is 11.8. The maximum Gasteiger partial charge on any atom is 0.231 e. The summed E-state index contributed by atoms with van der Waals surface area (Å²) in [6.45, 7) is 0.238. The number of ether oxygens (including phenoxy) is 2. The van der Waals surface area contributed by atoms with Crippen LogP contribution in [0.15, 0.2) is 47.1 Å². The second-order valence-electron chi connectivity index (χ2n) is 4.54. The SMILES string of the molecule is Nc1nc(-c2ccc3c(c2)OCO3)cc(-c2ccco2)n1. The van der Waals surface area contributed by atoms with Crippen molar-refractivity contribution in [2.75, 3.05) is 12.5 Å². The highest BCUT2D eigenvalue weighted by atomic mass is 16.7. The summed E-state index contributed by atoms with van der Waals surface area (Å²) in [6.07, 6.45) is 1.59. The summed E-state index contributed by atoms with van der Waals surface area (Å²) in [6, 6.07) is 11.1. The highest BCUT2D eigenvalue weighted by Gasteiger charge is 2.15. The molecule has 104 valence electrons. The topological polar surface area (TPSA) is 83.4 Å². The van der Waals surface area contributed by atoms with Crippen LogP contribution in [0.5, 0.6) is 11.5 Å². The van der Waals surface area contributed by atoms with Gasteiger partial charge in [-0.25, -0.2) is 9.97 Å². The van der Waals surface area contributed by atoms with E-state index in [2.05, 4.69) is 9.97 Å². The summed E-state index contributed by atoms with van der Waals surface area (Å²) in [5.74, 6) is 2.26. The smallest absolute Gasteiger partial charge is 0.231 e. The van der Waals surface area contributed by atoms with E-state index in [9.17, 15) is 0 Å². The van der Waals surface area contributed by atoms with Gasteiger partial charge in [0.05, 0.1) is 12.0 Å². The normalized spacial score (nSPS) is 12.6. The molecule has 0 amide bonds. The van der Waals surface area contributed by atoms with Gasteiger partial charge in [0.2, 0.25) is 12.7 Å². The molecular weight excluding hydrogens is 270 g/mol. The predicted octanol–water partition coefficient (Wildman–Crippen LogP) is 2.71. The molecule has 0 radical (unpaired) electrons. The minimum absolute atomic E-state index is 0.191. The molecule has 0 saturated heterocycles. The molecule has 21 heavy (non-hydrogen) atoms. The Morgan fingerprint density at radius 1 is 0.952 bits per heavy atom. The van der Waals surface area contributed by atoms with E-state index in [4.69, 9.17) is 19.6 Å². The van der Waals surface area contributed by atoms with Crippen molar-refractivity contribution in [2.24, 2.45) is 0 Å². The van der Waals surface area contributed by atoms with Gasteiger partial charge < -0.3 is 19.6 Å². The molecule has 0 spiro atoms. The van der Waals surface area contributed by atoms with Gasteiger partial charge in [-0.3, -0.25) is 0 Å². The van der Waals surface area contributed by atoms with Crippen LogP contribution in [0.3, 0.4) is 0 Å². The van der Waals surface area contributed by atoms with Crippen molar-refractivity contribution in [3.05, 3.63) is 42.7 Å². The molecule has 2 aromatic heterocycles. The Labute approximate surface area is 120 Å². The molecule has 1 aliphatic heterocycles. The fraction of sp³-hybridized carbons (Fsp3) is 0.0667. The number of furan rings is 1.